The Morgan fingerprint density at radius 1 is 0.909 bits per heavy atom. The number of carbonyl (C=O) groups is 2. The van der Waals surface area contributed by atoms with Crippen LogP contribution in [0.1, 0.15) is 25.0 Å². The Kier molecular flexibility index (Phi) is 6.09. The SMILES string of the molecule is CC(=O)O/C(C#N)=C\c1ccccc1/C=C(\C#N)OC(C)=O. The van der Waals surface area contributed by atoms with Gasteiger partial charge in [0.2, 0.25) is 11.5 Å². The van der Waals surface area contributed by atoms with Crippen molar-refractivity contribution in [2.45, 2.75) is 13.8 Å². The van der Waals surface area contributed by atoms with Gasteiger partial charge in [-0.2, -0.15) is 10.5 Å². The largest absolute Gasteiger partial charge is 0.415 e. The summed E-state index contributed by atoms with van der Waals surface area (Å²) in [6, 6.07) is 10.3. The molecule has 0 aliphatic rings. The molecule has 0 saturated carbocycles. The molecule has 110 valence electrons. The number of esters is 2. The Morgan fingerprint density at radius 3 is 1.55 bits per heavy atom. The quantitative estimate of drug-likeness (QED) is 0.481. The van der Waals surface area contributed by atoms with Crippen LogP contribution in [0.5, 0.6) is 0 Å². The van der Waals surface area contributed by atoms with E-state index in [1.54, 1.807) is 36.4 Å². The molecule has 0 spiro atoms. The first kappa shape index (κ1) is 16.7. The van der Waals surface area contributed by atoms with Crippen molar-refractivity contribution in [3.63, 3.8) is 0 Å². The fourth-order valence-electron chi connectivity index (χ4n) is 1.54. The number of carbonyl (C=O) groups excluding carboxylic acids is 2. The number of hydrogen-bond acceptors (Lipinski definition) is 6. The van der Waals surface area contributed by atoms with Crippen LogP contribution in [0.4, 0.5) is 0 Å². The van der Waals surface area contributed by atoms with Crippen molar-refractivity contribution in [3.8, 4) is 12.1 Å². The summed E-state index contributed by atoms with van der Waals surface area (Å²) in [5.41, 5.74) is 1.06. The van der Waals surface area contributed by atoms with Crippen LogP contribution in [0, 0.1) is 22.7 Å². The minimum absolute atomic E-state index is 0.181. The predicted octanol–water partition coefficient (Wildman–Crippen LogP) is 2.54. The van der Waals surface area contributed by atoms with Gasteiger partial charge >= 0.3 is 11.9 Å². The van der Waals surface area contributed by atoms with Gasteiger partial charge in [0.1, 0.15) is 12.1 Å². The van der Waals surface area contributed by atoms with Crippen molar-refractivity contribution >= 4 is 24.1 Å². The smallest absolute Gasteiger partial charge is 0.308 e. The summed E-state index contributed by atoms with van der Waals surface area (Å²) in [5.74, 6) is -1.59. The van der Waals surface area contributed by atoms with Gasteiger partial charge in [-0.05, 0) is 23.3 Å². The first-order valence-electron chi connectivity index (χ1n) is 6.15. The van der Waals surface area contributed by atoms with E-state index < -0.39 is 11.9 Å². The van der Waals surface area contributed by atoms with Crippen LogP contribution in [0.3, 0.4) is 0 Å². The highest BCUT2D eigenvalue weighted by molar-refractivity contribution is 5.74. The Morgan fingerprint density at radius 2 is 1.27 bits per heavy atom. The highest BCUT2D eigenvalue weighted by Gasteiger charge is 2.06. The maximum Gasteiger partial charge on any atom is 0.308 e. The third-order valence-corrected chi connectivity index (χ3v) is 2.30. The zero-order valence-electron chi connectivity index (χ0n) is 12.0. The summed E-state index contributed by atoms with van der Waals surface area (Å²) in [5, 5.41) is 17.9. The van der Waals surface area contributed by atoms with E-state index in [-0.39, 0.29) is 11.5 Å². The molecule has 0 saturated heterocycles. The van der Waals surface area contributed by atoms with Crippen LogP contribution in [0.15, 0.2) is 35.8 Å². The molecule has 1 aromatic rings. The maximum absolute atomic E-state index is 10.9. The number of benzene rings is 1. The van der Waals surface area contributed by atoms with Gasteiger partial charge < -0.3 is 9.47 Å². The molecular formula is C16H12N2O4. The van der Waals surface area contributed by atoms with Crippen molar-refractivity contribution < 1.29 is 19.1 Å². The molecule has 22 heavy (non-hydrogen) atoms. The molecule has 0 radical (unpaired) electrons. The van der Waals surface area contributed by atoms with E-state index in [1.165, 1.54) is 26.0 Å². The number of hydrogen-bond donors (Lipinski definition) is 0. The molecule has 1 rings (SSSR count). The summed E-state index contributed by atoms with van der Waals surface area (Å²) < 4.78 is 9.49. The minimum atomic E-state index is -0.613. The van der Waals surface area contributed by atoms with Crippen molar-refractivity contribution in [1.82, 2.24) is 0 Å². The van der Waals surface area contributed by atoms with E-state index in [0.717, 1.165) is 0 Å². The maximum atomic E-state index is 10.9. The lowest BCUT2D eigenvalue weighted by Gasteiger charge is -2.04. The second-order valence-corrected chi connectivity index (χ2v) is 4.06. The van der Waals surface area contributed by atoms with Gasteiger partial charge in [-0.1, -0.05) is 24.3 Å². The fraction of sp³-hybridized carbons (Fsp3) is 0.125. The van der Waals surface area contributed by atoms with E-state index >= 15 is 0 Å². The minimum Gasteiger partial charge on any atom is -0.415 e. The lowest BCUT2D eigenvalue weighted by Crippen LogP contribution is -1.98. The molecule has 0 aromatic heterocycles. The van der Waals surface area contributed by atoms with Gasteiger partial charge in [0.25, 0.3) is 0 Å². The Labute approximate surface area is 127 Å². The first-order valence-corrected chi connectivity index (χ1v) is 6.15. The van der Waals surface area contributed by atoms with Crippen LogP contribution >= 0.6 is 0 Å². The van der Waals surface area contributed by atoms with Gasteiger partial charge in [-0.25, -0.2) is 0 Å². The summed E-state index contributed by atoms with van der Waals surface area (Å²) in [7, 11) is 0. The van der Waals surface area contributed by atoms with E-state index in [2.05, 4.69) is 0 Å². The molecule has 0 fully saturated rings. The Hall–Kier alpha value is -3.38. The molecule has 0 heterocycles. The van der Waals surface area contributed by atoms with Gasteiger partial charge in [0.05, 0.1) is 0 Å². The number of nitrogens with zero attached hydrogens (tertiary/aromatic N) is 2. The monoisotopic (exact) mass is 296 g/mol. The molecule has 1 aromatic carbocycles. The summed E-state index contributed by atoms with van der Waals surface area (Å²) in [4.78, 5) is 21.8. The second-order valence-electron chi connectivity index (χ2n) is 4.06. The molecule has 0 atom stereocenters. The molecule has 6 nitrogen and oxygen atoms in total. The van der Waals surface area contributed by atoms with Gasteiger partial charge in [-0.15, -0.1) is 0 Å². The van der Waals surface area contributed by atoms with Crippen LogP contribution in [0.2, 0.25) is 0 Å². The molecule has 0 bridgehead atoms. The zero-order chi connectivity index (χ0) is 16.5. The number of rotatable bonds is 4. The summed E-state index contributed by atoms with van der Waals surface area (Å²) in [6.07, 6.45) is 2.71. The van der Waals surface area contributed by atoms with Crippen LogP contribution in [-0.4, -0.2) is 11.9 Å². The zero-order valence-corrected chi connectivity index (χ0v) is 12.0. The average Bonchev–Trinajstić information content (AvgIpc) is 2.46. The highest BCUT2D eigenvalue weighted by Crippen LogP contribution is 2.17. The standard InChI is InChI=1S/C16H12N2O4/c1-11(19)21-15(9-17)7-13-5-3-4-6-14(13)8-16(10-18)22-12(2)20/h3-8H,1-2H3/b15-7-,16-8+. The molecule has 6 heteroatoms. The highest BCUT2D eigenvalue weighted by atomic mass is 16.5. The van der Waals surface area contributed by atoms with E-state index in [9.17, 15) is 9.59 Å². The first-order chi connectivity index (χ1) is 10.5. The Balaban J connectivity index is 3.25. The summed E-state index contributed by atoms with van der Waals surface area (Å²) in [6.45, 7) is 2.37. The van der Waals surface area contributed by atoms with Crippen molar-refractivity contribution in [2.75, 3.05) is 0 Å². The third kappa shape index (κ3) is 5.32. The molecular weight excluding hydrogens is 284 g/mol. The molecule has 0 amide bonds. The van der Waals surface area contributed by atoms with Crippen molar-refractivity contribution in [3.05, 3.63) is 46.9 Å². The third-order valence-electron chi connectivity index (χ3n) is 2.30. The summed E-state index contributed by atoms with van der Waals surface area (Å²) >= 11 is 0. The number of ether oxygens (including phenoxy) is 2. The van der Waals surface area contributed by atoms with Crippen molar-refractivity contribution in [1.29, 1.82) is 10.5 Å². The van der Waals surface area contributed by atoms with E-state index in [1.807, 2.05) is 0 Å². The normalized spacial score (nSPS) is 11.1. The topological polar surface area (TPSA) is 100 Å². The fourth-order valence-corrected chi connectivity index (χ4v) is 1.54. The molecule has 0 N–H and O–H groups in total. The number of allylic oxidation sites excluding steroid dienone is 2. The van der Waals surface area contributed by atoms with E-state index in [0.29, 0.717) is 11.1 Å². The van der Waals surface area contributed by atoms with Crippen LogP contribution in [-0.2, 0) is 19.1 Å². The predicted molar refractivity (Wildman–Crippen MR) is 77.2 cm³/mol. The molecule has 0 aliphatic carbocycles. The van der Waals surface area contributed by atoms with Gasteiger partial charge in [0, 0.05) is 13.8 Å². The molecule has 0 unspecified atom stereocenters. The lowest BCUT2D eigenvalue weighted by molar-refractivity contribution is -0.137. The second kappa shape index (κ2) is 8.03. The van der Waals surface area contributed by atoms with Crippen molar-refractivity contribution in [2.24, 2.45) is 0 Å². The average molecular weight is 296 g/mol. The van der Waals surface area contributed by atoms with Gasteiger partial charge in [-0.3, -0.25) is 9.59 Å². The van der Waals surface area contributed by atoms with Gasteiger partial charge in [0.15, 0.2) is 0 Å². The number of nitriles is 2. The van der Waals surface area contributed by atoms with E-state index in [4.69, 9.17) is 20.0 Å². The van der Waals surface area contributed by atoms with Crippen LogP contribution in [0.25, 0.3) is 12.2 Å². The van der Waals surface area contributed by atoms with Crippen LogP contribution < -0.4 is 0 Å². The lowest BCUT2D eigenvalue weighted by atomic mass is 10.1. The Bertz CT molecular complexity index is 670. The molecule has 0 aliphatic heterocycles.